The molecule has 2 rings (SSSR count). The zero-order chi connectivity index (χ0) is 12.8. The number of Topliss-reactive ketones (excluding diaryl/α,β-unsaturated/α-hetero) is 2. The molecule has 0 radical (unpaired) electrons. The number of fused-ring (bicyclic) bond motifs is 1. The number of carbonyl (C=O) groups excluding carboxylic acids is 2. The van der Waals surface area contributed by atoms with Crippen LogP contribution in [0.25, 0.3) is 0 Å². The SMILES string of the molecule is CC1(S(=O)(=O)[O-])CC(=O)c2ccccc2C1=O.[K+]. The van der Waals surface area contributed by atoms with Gasteiger partial charge >= 0.3 is 51.4 Å². The van der Waals surface area contributed by atoms with Gasteiger partial charge in [0.1, 0.15) is 14.9 Å². The monoisotopic (exact) mass is 292 g/mol. The molecule has 1 aliphatic carbocycles. The molecular weight excluding hydrogens is 283 g/mol. The van der Waals surface area contributed by atoms with Crippen molar-refractivity contribution in [1.29, 1.82) is 0 Å². The number of hydrogen-bond acceptors (Lipinski definition) is 5. The molecular formula is C11H9KO5S. The van der Waals surface area contributed by atoms with Crippen LogP contribution in [0.1, 0.15) is 34.1 Å². The molecule has 1 aromatic rings. The quantitative estimate of drug-likeness (QED) is 0.431. The third-order valence-electron chi connectivity index (χ3n) is 3.00. The minimum Gasteiger partial charge on any atom is -0.747 e. The van der Waals surface area contributed by atoms with E-state index in [-0.39, 0.29) is 62.5 Å². The second-order valence-corrected chi connectivity index (χ2v) is 5.97. The van der Waals surface area contributed by atoms with Gasteiger partial charge in [0.2, 0.25) is 0 Å². The molecule has 0 bridgehead atoms. The summed E-state index contributed by atoms with van der Waals surface area (Å²) in [7, 11) is -4.87. The number of benzene rings is 1. The first-order valence-electron chi connectivity index (χ1n) is 4.90. The number of ketones is 2. The third kappa shape index (κ3) is 2.40. The summed E-state index contributed by atoms with van der Waals surface area (Å²) in [5.74, 6) is -1.30. The van der Waals surface area contributed by atoms with E-state index in [0.717, 1.165) is 6.92 Å². The van der Waals surface area contributed by atoms with Gasteiger partial charge in [-0.3, -0.25) is 9.59 Å². The second-order valence-electron chi connectivity index (χ2n) is 4.16. The molecule has 18 heavy (non-hydrogen) atoms. The Labute approximate surface area is 147 Å². The van der Waals surface area contributed by atoms with Gasteiger partial charge in [0.15, 0.2) is 11.6 Å². The zero-order valence-electron chi connectivity index (χ0n) is 9.97. The maximum absolute atomic E-state index is 12.0. The van der Waals surface area contributed by atoms with Crippen LogP contribution in [0.15, 0.2) is 24.3 Å². The third-order valence-corrected chi connectivity index (χ3v) is 4.44. The summed E-state index contributed by atoms with van der Waals surface area (Å²) in [5, 5.41) is 0. The normalized spacial score (nSPS) is 23.2. The topological polar surface area (TPSA) is 91.3 Å². The van der Waals surface area contributed by atoms with Crippen molar-refractivity contribution in [2.24, 2.45) is 0 Å². The summed E-state index contributed by atoms with van der Waals surface area (Å²) >= 11 is 0. The van der Waals surface area contributed by atoms with Crippen LogP contribution >= 0.6 is 0 Å². The smallest absolute Gasteiger partial charge is 0.747 e. The Morgan fingerprint density at radius 3 is 2.17 bits per heavy atom. The molecule has 0 spiro atoms. The van der Waals surface area contributed by atoms with Crippen LogP contribution in [0.3, 0.4) is 0 Å². The Morgan fingerprint density at radius 1 is 1.17 bits per heavy atom. The summed E-state index contributed by atoms with van der Waals surface area (Å²) in [6, 6.07) is 5.91. The molecule has 0 aromatic heterocycles. The van der Waals surface area contributed by atoms with Gasteiger partial charge in [-0.05, 0) is 6.92 Å². The fraction of sp³-hybridized carbons (Fsp3) is 0.273. The summed E-state index contributed by atoms with van der Waals surface area (Å²) in [4.78, 5) is 23.7. The first-order valence-corrected chi connectivity index (χ1v) is 6.31. The van der Waals surface area contributed by atoms with E-state index in [4.69, 9.17) is 0 Å². The number of hydrogen-bond donors (Lipinski definition) is 0. The van der Waals surface area contributed by atoms with Gasteiger partial charge in [0.05, 0.1) is 0 Å². The summed E-state index contributed by atoms with van der Waals surface area (Å²) in [6.07, 6.45) is -0.589. The Morgan fingerprint density at radius 2 is 1.67 bits per heavy atom. The molecule has 0 fully saturated rings. The van der Waals surface area contributed by atoms with E-state index in [2.05, 4.69) is 0 Å². The van der Waals surface area contributed by atoms with Gasteiger partial charge in [0.25, 0.3) is 0 Å². The van der Waals surface area contributed by atoms with Crippen LogP contribution in [0, 0.1) is 0 Å². The largest absolute Gasteiger partial charge is 1.00 e. The van der Waals surface area contributed by atoms with Crippen LogP contribution in [0.5, 0.6) is 0 Å². The van der Waals surface area contributed by atoms with E-state index >= 15 is 0 Å². The van der Waals surface area contributed by atoms with Crippen LogP contribution in [-0.4, -0.2) is 29.3 Å². The predicted octanol–water partition coefficient (Wildman–Crippen LogP) is -2.24. The standard InChI is InChI=1S/C11H10O5S.K/c1-11(17(14,15)16)6-9(12)7-4-2-3-5-8(7)10(11)13;/h2-5H,6H2,1H3,(H,14,15,16);/q;+1/p-1. The van der Waals surface area contributed by atoms with E-state index in [9.17, 15) is 22.6 Å². The minimum atomic E-state index is -4.87. The first kappa shape index (κ1) is 16.2. The molecule has 0 saturated heterocycles. The van der Waals surface area contributed by atoms with Crippen molar-refractivity contribution in [3.63, 3.8) is 0 Å². The van der Waals surface area contributed by atoms with E-state index in [1.165, 1.54) is 18.2 Å². The van der Waals surface area contributed by atoms with Crippen molar-refractivity contribution in [3.8, 4) is 0 Å². The Kier molecular flexibility index (Phi) is 4.70. The Balaban J connectivity index is 0.00000162. The Hall–Kier alpha value is 0.106. The molecule has 0 heterocycles. The molecule has 5 nitrogen and oxygen atoms in total. The second kappa shape index (κ2) is 5.24. The van der Waals surface area contributed by atoms with Crippen molar-refractivity contribution in [2.45, 2.75) is 18.1 Å². The van der Waals surface area contributed by atoms with Crippen LogP contribution in [0.2, 0.25) is 0 Å². The molecule has 1 unspecified atom stereocenters. The van der Waals surface area contributed by atoms with Crippen molar-refractivity contribution >= 4 is 21.7 Å². The average molecular weight is 292 g/mol. The molecule has 1 aromatic carbocycles. The Bertz CT molecular complexity index is 622. The molecule has 7 heteroatoms. The maximum Gasteiger partial charge on any atom is 1.00 e. The average Bonchev–Trinajstić information content (AvgIpc) is 2.25. The predicted molar refractivity (Wildman–Crippen MR) is 57.8 cm³/mol. The summed E-state index contributed by atoms with van der Waals surface area (Å²) in [6.45, 7) is 1.01. The molecule has 0 aliphatic heterocycles. The van der Waals surface area contributed by atoms with Gasteiger partial charge in [-0.1, -0.05) is 24.3 Å². The summed E-state index contributed by atoms with van der Waals surface area (Å²) < 4.78 is 31.3. The van der Waals surface area contributed by atoms with Crippen molar-refractivity contribution < 1.29 is 73.9 Å². The number of carbonyl (C=O) groups is 2. The molecule has 1 atom stereocenters. The van der Waals surface area contributed by atoms with E-state index in [1.807, 2.05) is 0 Å². The van der Waals surface area contributed by atoms with Crippen molar-refractivity contribution in [2.75, 3.05) is 0 Å². The maximum atomic E-state index is 12.0. The van der Waals surface area contributed by atoms with Gasteiger partial charge < -0.3 is 4.55 Å². The van der Waals surface area contributed by atoms with Gasteiger partial charge in [-0.15, -0.1) is 0 Å². The van der Waals surface area contributed by atoms with Crippen LogP contribution in [0.4, 0.5) is 0 Å². The fourth-order valence-corrected chi connectivity index (χ4v) is 2.54. The minimum absolute atomic E-state index is 0. The zero-order valence-corrected chi connectivity index (χ0v) is 13.9. The van der Waals surface area contributed by atoms with Gasteiger partial charge in [-0.2, -0.15) is 0 Å². The van der Waals surface area contributed by atoms with E-state index in [1.54, 1.807) is 6.07 Å². The van der Waals surface area contributed by atoms with Crippen molar-refractivity contribution in [1.82, 2.24) is 0 Å². The van der Waals surface area contributed by atoms with Crippen LogP contribution in [-0.2, 0) is 10.1 Å². The first-order chi connectivity index (χ1) is 7.77. The number of rotatable bonds is 1. The van der Waals surface area contributed by atoms with Gasteiger partial charge in [0, 0.05) is 17.5 Å². The van der Waals surface area contributed by atoms with E-state index < -0.39 is 32.9 Å². The fourth-order valence-electron chi connectivity index (χ4n) is 1.89. The van der Waals surface area contributed by atoms with Crippen LogP contribution < -0.4 is 51.4 Å². The van der Waals surface area contributed by atoms with E-state index in [0.29, 0.717) is 0 Å². The summed E-state index contributed by atoms with van der Waals surface area (Å²) in [5.41, 5.74) is 0.185. The van der Waals surface area contributed by atoms with Crippen molar-refractivity contribution in [3.05, 3.63) is 35.4 Å². The molecule has 90 valence electrons. The molecule has 1 aliphatic rings. The molecule has 0 N–H and O–H groups in total. The molecule has 0 saturated carbocycles. The molecule has 0 amide bonds. The van der Waals surface area contributed by atoms with Gasteiger partial charge in [-0.25, -0.2) is 8.42 Å².